The van der Waals surface area contributed by atoms with Gasteiger partial charge in [-0.25, -0.2) is 0 Å². The van der Waals surface area contributed by atoms with Gasteiger partial charge in [-0.1, -0.05) is 0 Å². The van der Waals surface area contributed by atoms with Gasteiger partial charge in [0.2, 0.25) is 0 Å². The van der Waals surface area contributed by atoms with E-state index < -0.39 is 0 Å². The van der Waals surface area contributed by atoms with Gasteiger partial charge in [0.25, 0.3) is 0 Å². The van der Waals surface area contributed by atoms with Crippen LogP contribution < -0.4 is 15.2 Å². The van der Waals surface area contributed by atoms with E-state index in [1.165, 1.54) is 5.56 Å². The van der Waals surface area contributed by atoms with Gasteiger partial charge in [0.15, 0.2) is 11.5 Å². The number of ether oxygens (including phenoxy) is 2. The summed E-state index contributed by atoms with van der Waals surface area (Å²) >= 11 is 3.54. The summed E-state index contributed by atoms with van der Waals surface area (Å²) in [5.74, 6) is 2.17. The minimum atomic E-state index is 0.316. The zero-order valence-corrected chi connectivity index (χ0v) is 10.5. The second-order valence-electron chi connectivity index (χ2n) is 4.39. The lowest BCUT2D eigenvalue weighted by molar-refractivity contribution is 0.296. The smallest absolute Gasteiger partial charge is 0.175 e. The molecule has 0 bridgehead atoms. The normalized spacial score (nSPS) is 27.4. The standard InChI is InChI=1S/C12H14BrNO2/c13-9-4-7(8-6-10(8)14)5-11-12(9)16-3-1-2-15-11/h4-5,8,10H,1-3,6,14H2. The molecule has 2 unspecified atom stereocenters. The van der Waals surface area contributed by atoms with Crippen LogP contribution in [0.5, 0.6) is 11.5 Å². The van der Waals surface area contributed by atoms with E-state index in [1.54, 1.807) is 0 Å². The summed E-state index contributed by atoms with van der Waals surface area (Å²) in [6, 6.07) is 4.49. The molecule has 0 amide bonds. The molecule has 1 aromatic rings. The highest BCUT2D eigenvalue weighted by atomic mass is 79.9. The number of hydrogen-bond acceptors (Lipinski definition) is 3. The van der Waals surface area contributed by atoms with Crippen molar-refractivity contribution in [1.29, 1.82) is 0 Å². The van der Waals surface area contributed by atoms with Crippen LogP contribution in [0.2, 0.25) is 0 Å². The van der Waals surface area contributed by atoms with Crippen molar-refractivity contribution in [3.8, 4) is 11.5 Å². The molecule has 0 radical (unpaired) electrons. The van der Waals surface area contributed by atoms with Gasteiger partial charge in [-0.05, 0) is 40.0 Å². The summed E-state index contributed by atoms with van der Waals surface area (Å²) < 4.78 is 12.3. The van der Waals surface area contributed by atoms with Crippen molar-refractivity contribution >= 4 is 15.9 Å². The molecule has 2 aliphatic rings. The molecule has 1 aliphatic carbocycles. The lowest BCUT2D eigenvalue weighted by Crippen LogP contribution is -2.01. The molecule has 0 spiro atoms. The second-order valence-corrected chi connectivity index (χ2v) is 5.24. The first-order valence-corrected chi connectivity index (χ1v) is 6.39. The summed E-state index contributed by atoms with van der Waals surface area (Å²) in [7, 11) is 0. The van der Waals surface area contributed by atoms with Gasteiger partial charge in [0.05, 0.1) is 17.7 Å². The Morgan fingerprint density at radius 2 is 2.00 bits per heavy atom. The van der Waals surface area contributed by atoms with Crippen molar-refractivity contribution in [3.05, 3.63) is 22.2 Å². The van der Waals surface area contributed by atoms with Gasteiger partial charge >= 0.3 is 0 Å². The molecule has 3 rings (SSSR count). The molecule has 0 aromatic heterocycles. The molecule has 86 valence electrons. The van der Waals surface area contributed by atoms with Crippen LogP contribution in [0.1, 0.15) is 24.3 Å². The van der Waals surface area contributed by atoms with Crippen molar-refractivity contribution in [2.75, 3.05) is 13.2 Å². The molecular weight excluding hydrogens is 270 g/mol. The fourth-order valence-corrected chi connectivity index (χ4v) is 2.64. The third kappa shape index (κ3) is 1.80. The molecule has 3 nitrogen and oxygen atoms in total. The van der Waals surface area contributed by atoms with Crippen LogP contribution in [0.4, 0.5) is 0 Å². The first-order valence-electron chi connectivity index (χ1n) is 5.60. The molecule has 1 fully saturated rings. The van der Waals surface area contributed by atoms with Gasteiger partial charge in [0.1, 0.15) is 0 Å². The minimum Gasteiger partial charge on any atom is -0.490 e. The summed E-state index contributed by atoms with van der Waals surface area (Å²) in [4.78, 5) is 0. The largest absolute Gasteiger partial charge is 0.490 e. The van der Waals surface area contributed by atoms with E-state index in [4.69, 9.17) is 15.2 Å². The fraction of sp³-hybridized carbons (Fsp3) is 0.500. The topological polar surface area (TPSA) is 44.5 Å². The van der Waals surface area contributed by atoms with Crippen molar-refractivity contribution in [3.63, 3.8) is 0 Å². The van der Waals surface area contributed by atoms with Crippen LogP contribution in [0, 0.1) is 0 Å². The van der Waals surface area contributed by atoms with E-state index in [1.807, 2.05) is 0 Å². The number of rotatable bonds is 1. The van der Waals surface area contributed by atoms with Crippen LogP contribution in [0.15, 0.2) is 16.6 Å². The zero-order valence-electron chi connectivity index (χ0n) is 8.91. The van der Waals surface area contributed by atoms with Crippen LogP contribution >= 0.6 is 15.9 Å². The SMILES string of the molecule is NC1CC1c1cc(Br)c2c(c1)OCCCO2. The van der Waals surface area contributed by atoms with Crippen LogP contribution in [-0.4, -0.2) is 19.3 Å². The van der Waals surface area contributed by atoms with Crippen LogP contribution in [0.3, 0.4) is 0 Å². The Kier molecular flexibility index (Phi) is 2.56. The predicted molar refractivity (Wildman–Crippen MR) is 65.1 cm³/mol. The van der Waals surface area contributed by atoms with E-state index in [2.05, 4.69) is 28.1 Å². The van der Waals surface area contributed by atoms with E-state index in [0.717, 1.165) is 35.4 Å². The number of fused-ring (bicyclic) bond motifs is 1. The first-order chi connectivity index (χ1) is 7.75. The molecule has 0 saturated heterocycles. The monoisotopic (exact) mass is 283 g/mol. The lowest BCUT2D eigenvalue weighted by atomic mass is 10.1. The van der Waals surface area contributed by atoms with Crippen molar-refractivity contribution in [2.45, 2.75) is 24.8 Å². The third-order valence-electron chi connectivity index (χ3n) is 3.09. The highest BCUT2D eigenvalue weighted by Gasteiger charge is 2.36. The van der Waals surface area contributed by atoms with Gasteiger partial charge in [-0.2, -0.15) is 0 Å². The third-order valence-corrected chi connectivity index (χ3v) is 3.68. The molecule has 2 N–H and O–H groups in total. The number of hydrogen-bond donors (Lipinski definition) is 1. The average molecular weight is 284 g/mol. The highest BCUT2D eigenvalue weighted by molar-refractivity contribution is 9.10. The highest BCUT2D eigenvalue weighted by Crippen LogP contribution is 2.45. The predicted octanol–water partition coefficient (Wildman–Crippen LogP) is 2.42. The second kappa shape index (κ2) is 3.93. The van der Waals surface area contributed by atoms with Gasteiger partial charge in [-0.15, -0.1) is 0 Å². The van der Waals surface area contributed by atoms with E-state index >= 15 is 0 Å². The van der Waals surface area contributed by atoms with Gasteiger partial charge in [-0.3, -0.25) is 0 Å². The lowest BCUT2D eigenvalue weighted by Gasteiger charge is -2.11. The quantitative estimate of drug-likeness (QED) is 0.861. The number of halogens is 1. The number of benzene rings is 1. The van der Waals surface area contributed by atoms with Crippen molar-refractivity contribution < 1.29 is 9.47 Å². The molecule has 1 aliphatic heterocycles. The molecular formula is C12H14BrNO2. The molecule has 2 atom stereocenters. The molecule has 1 saturated carbocycles. The van der Waals surface area contributed by atoms with Gasteiger partial charge < -0.3 is 15.2 Å². The fourth-order valence-electron chi connectivity index (χ4n) is 2.06. The van der Waals surface area contributed by atoms with Crippen molar-refractivity contribution in [2.24, 2.45) is 5.73 Å². The Hall–Kier alpha value is -0.740. The number of nitrogens with two attached hydrogens (primary N) is 1. The Morgan fingerprint density at radius 1 is 1.25 bits per heavy atom. The van der Waals surface area contributed by atoms with Crippen LogP contribution in [-0.2, 0) is 0 Å². The molecule has 1 aromatic carbocycles. The molecule has 4 heteroatoms. The zero-order chi connectivity index (χ0) is 11.1. The van der Waals surface area contributed by atoms with Crippen LogP contribution in [0.25, 0.3) is 0 Å². The average Bonchev–Trinajstić information content (AvgIpc) is 3.00. The van der Waals surface area contributed by atoms with Gasteiger partial charge in [0, 0.05) is 18.4 Å². The Bertz CT molecular complexity index is 422. The van der Waals surface area contributed by atoms with E-state index in [9.17, 15) is 0 Å². The Morgan fingerprint density at radius 3 is 2.75 bits per heavy atom. The summed E-state index contributed by atoms with van der Waals surface area (Å²) in [6.07, 6.45) is 2.01. The first kappa shape index (κ1) is 10.4. The van der Waals surface area contributed by atoms with Crippen molar-refractivity contribution in [1.82, 2.24) is 0 Å². The van der Waals surface area contributed by atoms with E-state index in [0.29, 0.717) is 18.6 Å². The molecule has 16 heavy (non-hydrogen) atoms. The maximum atomic E-state index is 5.87. The summed E-state index contributed by atoms with van der Waals surface area (Å²) in [5, 5.41) is 0. The molecule has 1 heterocycles. The Balaban J connectivity index is 1.99. The summed E-state index contributed by atoms with van der Waals surface area (Å²) in [6.45, 7) is 1.44. The van der Waals surface area contributed by atoms with E-state index in [-0.39, 0.29) is 0 Å². The minimum absolute atomic E-state index is 0.316. The maximum Gasteiger partial charge on any atom is 0.175 e. The Labute approximate surface area is 103 Å². The maximum absolute atomic E-state index is 5.87. The summed E-state index contributed by atoms with van der Waals surface area (Å²) in [5.41, 5.74) is 7.12.